The Kier molecular flexibility index (Phi) is 11.3. The van der Waals surface area contributed by atoms with E-state index < -0.39 is 0 Å². The summed E-state index contributed by atoms with van der Waals surface area (Å²) >= 11 is 0. The molecule has 0 N–H and O–H groups in total. The summed E-state index contributed by atoms with van der Waals surface area (Å²) in [5.74, 6) is 0.834. The molecule has 1 aromatic heterocycles. The highest BCUT2D eigenvalue weighted by atomic mass is 16.5. The zero-order chi connectivity index (χ0) is 37.9. The molecule has 8 aromatic rings. The molecule has 0 fully saturated rings. The van der Waals surface area contributed by atoms with Crippen molar-refractivity contribution in [3.05, 3.63) is 229 Å². The van der Waals surface area contributed by atoms with Crippen LogP contribution in [0.15, 0.2) is 206 Å². The molecule has 56 heavy (non-hydrogen) atoms. The van der Waals surface area contributed by atoms with Gasteiger partial charge in [-0.05, 0) is 81.9 Å². The zero-order valence-electron chi connectivity index (χ0n) is 31.7. The number of benzene rings is 7. The van der Waals surface area contributed by atoms with Crippen LogP contribution in [0.3, 0.4) is 0 Å². The third-order valence-electron chi connectivity index (χ3n) is 10.2. The van der Waals surface area contributed by atoms with Gasteiger partial charge in [0.25, 0.3) is 0 Å². The molecule has 0 bridgehead atoms. The predicted molar refractivity (Wildman–Crippen MR) is 233 cm³/mol. The number of hydrogen-bond acceptors (Lipinski definition) is 4. The summed E-state index contributed by atoms with van der Waals surface area (Å²) in [7, 11) is 1.70. The highest BCUT2D eigenvalue weighted by Gasteiger charge is 2.14. The van der Waals surface area contributed by atoms with Crippen LogP contribution in [0.1, 0.15) is 22.3 Å². The normalized spacial score (nSPS) is 10.9. The van der Waals surface area contributed by atoms with Crippen LogP contribution in [0.4, 0.5) is 11.4 Å². The van der Waals surface area contributed by atoms with Crippen molar-refractivity contribution in [2.75, 3.05) is 16.9 Å². The van der Waals surface area contributed by atoms with Crippen molar-refractivity contribution in [3.8, 4) is 39.4 Å². The summed E-state index contributed by atoms with van der Waals surface area (Å²) in [5.41, 5.74) is 13.6. The summed E-state index contributed by atoms with van der Waals surface area (Å²) in [5, 5.41) is 0. The summed E-state index contributed by atoms with van der Waals surface area (Å²) in [6.45, 7) is 3.26. The van der Waals surface area contributed by atoms with Crippen LogP contribution < -0.4 is 14.5 Å². The molecule has 0 unspecified atom stereocenters. The third-order valence-corrected chi connectivity index (χ3v) is 10.2. The van der Waals surface area contributed by atoms with Gasteiger partial charge in [0.05, 0.1) is 18.5 Å². The van der Waals surface area contributed by atoms with Gasteiger partial charge >= 0.3 is 0 Å². The van der Waals surface area contributed by atoms with Crippen LogP contribution >= 0.6 is 0 Å². The topological polar surface area (TPSA) is 28.6 Å². The van der Waals surface area contributed by atoms with E-state index in [-0.39, 0.29) is 0 Å². The molecule has 4 heteroatoms. The Bertz CT molecular complexity index is 2190. The van der Waals surface area contributed by atoms with Crippen LogP contribution in [0.5, 0.6) is 5.75 Å². The van der Waals surface area contributed by atoms with Gasteiger partial charge in [-0.1, -0.05) is 158 Å². The lowest BCUT2D eigenvalue weighted by Crippen LogP contribution is -2.22. The van der Waals surface area contributed by atoms with E-state index in [2.05, 4.69) is 204 Å². The predicted octanol–water partition coefficient (Wildman–Crippen LogP) is 12.5. The molecule has 8 rings (SSSR count). The molecule has 0 atom stereocenters. The molecular weight excluding hydrogens is 683 g/mol. The number of methoxy groups -OCH3 is 1. The molecular formula is C52H45N3O. The maximum Gasteiger partial charge on any atom is 0.118 e. The van der Waals surface area contributed by atoms with Crippen molar-refractivity contribution in [2.24, 2.45) is 0 Å². The monoisotopic (exact) mass is 727 g/mol. The first-order chi connectivity index (χ1) is 27.7. The number of aromatic nitrogens is 1. The average Bonchev–Trinajstić information content (AvgIpc) is 3.27. The molecule has 0 saturated carbocycles. The lowest BCUT2D eigenvalue weighted by molar-refractivity contribution is 0.415. The number of rotatable bonds is 14. The van der Waals surface area contributed by atoms with Crippen molar-refractivity contribution in [1.29, 1.82) is 0 Å². The van der Waals surface area contributed by atoms with Crippen molar-refractivity contribution in [2.45, 2.75) is 26.2 Å². The lowest BCUT2D eigenvalue weighted by Gasteiger charge is -2.26. The minimum absolute atomic E-state index is 0.814. The Hall–Kier alpha value is -6.91. The van der Waals surface area contributed by atoms with Gasteiger partial charge in [0, 0.05) is 48.7 Å². The Morgan fingerprint density at radius 1 is 0.357 bits per heavy atom. The quantitative estimate of drug-likeness (QED) is 0.111. The number of anilines is 2. The molecule has 4 nitrogen and oxygen atoms in total. The van der Waals surface area contributed by atoms with E-state index in [4.69, 9.17) is 9.72 Å². The van der Waals surface area contributed by atoms with Gasteiger partial charge in [0.1, 0.15) is 5.75 Å². The molecule has 0 aliphatic rings. The van der Waals surface area contributed by atoms with E-state index in [9.17, 15) is 0 Å². The summed E-state index contributed by atoms with van der Waals surface area (Å²) in [6.07, 6.45) is 0. The van der Waals surface area contributed by atoms with Crippen LogP contribution in [0.2, 0.25) is 0 Å². The van der Waals surface area contributed by atoms with E-state index in [1.165, 1.54) is 33.6 Å². The van der Waals surface area contributed by atoms with Crippen molar-refractivity contribution < 1.29 is 4.74 Å². The minimum atomic E-state index is 0.814. The maximum absolute atomic E-state index is 5.48. The van der Waals surface area contributed by atoms with E-state index in [1.54, 1.807) is 7.11 Å². The van der Waals surface area contributed by atoms with Crippen LogP contribution in [-0.2, 0) is 26.2 Å². The largest absolute Gasteiger partial charge is 0.497 e. The summed E-state index contributed by atoms with van der Waals surface area (Å²) in [4.78, 5) is 10.2. The number of nitrogens with zero attached hydrogens (tertiary/aromatic N) is 3. The molecule has 7 aromatic carbocycles. The third kappa shape index (κ3) is 9.06. The standard InChI is InChI=1S/C52H45N3O/c1-56-50-32-26-44(27-33-50)47-34-51(45-22-28-48(29-23-45)54(36-40-14-6-2-7-15-40)37-41-16-8-3-9-17-41)53-52(35-47)46-24-30-49(31-25-46)55(38-42-18-10-4-11-19-42)39-43-20-12-5-13-21-43/h2-35H,36-39H2,1H3. The van der Waals surface area contributed by atoms with E-state index in [1.807, 2.05) is 12.1 Å². The fourth-order valence-electron chi connectivity index (χ4n) is 7.15. The molecule has 0 aliphatic carbocycles. The minimum Gasteiger partial charge on any atom is -0.497 e. The van der Waals surface area contributed by atoms with Crippen LogP contribution in [0.25, 0.3) is 33.6 Å². The highest BCUT2D eigenvalue weighted by Crippen LogP contribution is 2.33. The Morgan fingerprint density at radius 2 is 0.679 bits per heavy atom. The smallest absolute Gasteiger partial charge is 0.118 e. The first kappa shape index (κ1) is 36.1. The van der Waals surface area contributed by atoms with E-state index >= 15 is 0 Å². The molecule has 1 heterocycles. The Balaban J connectivity index is 1.13. The fraction of sp³-hybridized carbons (Fsp3) is 0.0962. The molecule has 0 aliphatic heterocycles. The first-order valence-corrected chi connectivity index (χ1v) is 19.2. The number of hydrogen-bond donors (Lipinski definition) is 0. The maximum atomic E-state index is 5.48. The number of pyridine rings is 1. The highest BCUT2D eigenvalue weighted by molar-refractivity contribution is 5.78. The Morgan fingerprint density at radius 3 is 1.00 bits per heavy atom. The van der Waals surface area contributed by atoms with Gasteiger partial charge in [-0.25, -0.2) is 4.98 Å². The van der Waals surface area contributed by atoms with Crippen LogP contribution in [0, 0.1) is 0 Å². The van der Waals surface area contributed by atoms with Crippen molar-refractivity contribution >= 4 is 11.4 Å². The van der Waals surface area contributed by atoms with E-state index in [0.717, 1.165) is 65.6 Å². The first-order valence-electron chi connectivity index (χ1n) is 19.2. The van der Waals surface area contributed by atoms with E-state index in [0.29, 0.717) is 0 Å². The zero-order valence-corrected chi connectivity index (χ0v) is 31.7. The SMILES string of the molecule is COc1ccc(-c2cc(-c3ccc(N(Cc4ccccc4)Cc4ccccc4)cc3)nc(-c3ccc(N(Cc4ccccc4)Cc4ccccc4)cc3)c2)cc1. The molecule has 0 radical (unpaired) electrons. The second-order valence-corrected chi connectivity index (χ2v) is 14.1. The van der Waals surface area contributed by atoms with Gasteiger partial charge < -0.3 is 14.5 Å². The van der Waals surface area contributed by atoms with Crippen molar-refractivity contribution in [3.63, 3.8) is 0 Å². The fourth-order valence-corrected chi connectivity index (χ4v) is 7.15. The van der Waals surface area contributed by atoms with Crippen molar-refractivity contribution in [1.82, 2.24) is 4.98 Å². The molecule has 0 spiro atoms. The summed E-state index contributed by atoms with van der Waals surface area (Å²) < 4.78 is 5.48. The molecule has 274 valence electrons. The second kappa shape index (κ2) is 17.5. The molecule has 0 amide bonds. The van der Waals surface area contributed by atoms with Gasteiger partial charge in [-0.2, -0.15) is 0 Å². The van der Waals surface area contributed by atoms with Crippen LogP contribution in [-0.4, -0.2) is 12.1 Å². The lowest BCUT2D eigenvalue weighted by atomic mass is 9.99. The summed E-state index contributed by atoms with van der Waals surface area (Å²) in [6, 6.07) is 73.1. The van der Waals surface area contributed by atoms with Gasteiger partial charge in [-0.3, -0.25) is 0 Å². The van der Waals surface area contributed by atoms with Gasteiger partial charge in [0.15, 0.2) is 0 Å². The molecule has 0 saturated heterocycles. The number of ether oxygens (including phenoxy) is 1. The second-order valence-electron chi connectivity index (χ2n) is 14.1. The van der Waals surface area contributed by atoms with Gasteiger partial charge in [0.2, 0.25) is 0 Å². The average molecular weight is 728 g/mol. The van der Waals surface area contributed by atoms with Gasteiger partial charge in [-0.15, -0.1) is 0 Å². The Labute approximate surface area is 331 Å².